The zero-order chi connectivity index (χ0) is 18.1. The Kier molecular flexibility index (Phi) is 3.99. The number of carbonyl (C=O) groups is 1. The van der Waals surface area contributed by atoms with Crippen LogP contribution in [0.4, 0.5) is 0 Å². The molecule has 0 amide bonds. The van der Waals surface area contributed by atoms with Gasteiger partial charge in [-0.3, -0.25) is 4.79 Å². The number of esters is 1. The van der Waals surface area contributed by atoms with Crippen LogP contribution in [0.15, 0.2) is 59.1 Å². The summed E-state index contributed by atoms with van der Waals surface area (Å²) in [6, 6.07) is 16.8. The van der Waals surface area contributed by atoms with E-state index in [2.05, 4.69) is 5.16 Å². The van der Waals surface area contributed by atoms with Crippen molar-refractivity contribution in [2.45, 2.75) is 25.2 Å². The molecule has 1 fully saturated rings. The van der Waals surface area contributed by atoms with Gasteiger partial charge in [0.05, 0.1) is 11.0 Å². The summed E-state index contributed by atoms with van der Waals surface area (Å²) >= 11 is 0. The normalized spacial score (nSPS) is 14.8. The van der Waals surface area contributed by atoms with Gasteiger partial charge in [0.15, 0.2) is 5.76 Å². The van der Waals surface area contributed by atoms with Gasteiger partial charge in [-0.05, 0) is 42.7 Å². The number of aromatic nitrogens is 1. The van der Waals surface area contributed by atoms with Crippen LogP contribution in [-0.2, 0) is 14.9 Å². The van der Waals surface area contributed by atoms with Crippen molar-refractivity contribution in [1.29, 1.82) is 0 Å². The minimum Gasteiger partial charge on any atom is -0.508 e. The van der Waals surface area contributed by atoms with E-state index in [1.165, 1.54) is 6.92 Å². The van der Waals surface area contributed by atoms with E-state index in [1.54, 1.807) is 12.1 Å². The first-order valence-corrected chi connectivity index (χ1v) is 8.57. The van der Waals surface area contributed by atoms with Crippen molar-refractivity contribution < 1.29 is 19.2 Å². The molecule has 0 spiro atoms. The second-order valence-corrected chi connectivity index (χ2v) is 6.71. The molecule has 1 heterocycles. The molecule has 0 radical (unpaired) electrons. The molecule has 132 valence electrons. The molecule has 26 heavy (non-hydrogen) atoms. The van der Waals surface area contributed by atoms with Gasteiger partial charge in [0, 0.05) is 12.5 Å². The van der Waals surface area contributed by atoms with E-state index < -0.39 is 0 Å². The maximum atomic E-state index is 11.3. The monoisotopic (exact) mass is 349 g/mol. The predicted molar refractivity (Wildman–Crippen MR) is 96.6 cm³/mol. The van der Waals surface area contributed by atoms with E-state index in [0.717, 1.165) is 41.0 Å². The van der Waals surface area contributed by atoms with Crippen LogP contribution in [0.2, 0.25) is 0 Å². The number of hydrogen-bond donors (Lipinski definition) is 1. The van der Waals surface area contributed by atoms with Crippen molar-refractivity contribution in [3.8, 4) is 28.1 Å². The third-order valence-corrected chi connectivity index (χ3v) is 4.78. The lowest BCUT2D eigenvalue weighted by molar-refractivity contribution is -0.142. The number of benzene rings is 2. The summed E-state index contributed by atoms with van der Waals surface area (Å²) in [7, 11) is 0. The number of rotatable bonds is 5. The minimum absolute atomic E-state index is 0.201. The Morgan fingerprint density at radius 1 is 1.12 bits per heavy atom. The molecular formula is C21H19NO4. The van der Waals surface area contributed by atoms with E-state index in [4.69, 9.17) is 9.26 Å². The SMILES string of the molecule is CC(=O)OCC1(c2onc(-c3ccc(O)cc3)c2-c2ccccc2)CC1. The zero-order valence-electron chi connectivity index (χ0n) is 14.4. The second-order valence-electron chi connectivity index (χ2n) is 6.71. The number of aromatic hydroxyl groups is 1. The Morgan fingerprint density at radius 3 is 2.42 bits per heavy atom. The van der Waals surface area contributed by atoms with Gasteiger partial charge in [0.2, 0.25) is 0 Å². The summed E-state index contributed by atoms with van der Waals surface area (Å²) in [5.41, 5.74) is 3.20. The molecule has 5 heteroatoms. The number of nitrogens with zero attached hydrogens (tertiary/aromatic N) is 1. The number of phenols is 1. The van der Waals surface area contributed by atoms with Crippen molar-refractivity contribution in [2.75, 3.05) is 6.61 Å². The van der Waals surface area contributed by atoms with Crippen molar-refractivity contribution in [3.63, 3.8) is 0 Å². The Morgan fingerprint density at radius 2 is 1.81 bits per heavy atom. The van der Waals surface area contributed by atoms with Crippen molar-refractivity contribution in [1.82, 2.24) is 5.16 Å². The zero-order valence-corrected chi connectivity index (χ0v) is 14.4. The summed E-state index contributed by atoms with van der Waals surface area (Å²) < 4.78 is 11.1. The van der Waals surface area contributed by atoms with Gasteiger partial charge in [0.1, 0.15) is 18.1 Å². The molecule has 0 unspecified atom stereocenters. The fraction of sp³-hybridized carbons (Fsp3) is 0.238. The van der Waals surface area contributed by atoms with Gasteiger partial charge in [-0.25, -0.2) is 0 Å². The van der Waals surface area contributed by atoms with Crippen molar-refractivity contribution in [3.05, 3.63) is 60.4 Å². The fourth-order valence-electron chi connectivity index (χ4n) is 3.17. The first-order valence-electron chi connectivity index (χ1n) is 8.57. The summed E-state index contributed by atoms with van der Waals surface area (Å²) in [4.78, 5) is 11.3. The van der Waals surface area contributed by atoms with E-state index in [0.29, 0.717) is 6.61 Å². The van der Waals surface area contributed by atoms with Crippen LogP contribution in [0.5, 0.6) is 5.75 Å². The largest absolute Gasteiger partial charge is 0.508 e. The van der Waals surface area contributed by atoms with Crippen molar-refractivity contribution >= 4 is 5.97 Å². The van der Waals surface area contributed by atoms with E-state index in [-0.39, 0.29) is 17.1 Å². The van der Waals surface area contributed by atoms with E-state index >= 15 is 0 Å². The van der Waals surface area contributed by atoms with Crippen LogP contribution in [0.3, 0.4) is 0 Å². The maximum absolute atomic E-state index is 11.3. The molecule has 1 aromatic heterocycles. The van der Waals surface area contributed by atoms with Crippen LogP contribution in [-0.4, -0.2) is 22.8 Å². The third kappa shape index (κ3) is 2.96. The maximum Gasteiger partial charge on any atom is 0.302 e. The number of hydrogen-bond acceptors (Lipinski definition) is 5. The quantitative estimate of drug-likeness (QED) is 0.695. The standard InChI is InChI=1S/C21H19NO4/c1-14(23)25-13-21(11-12-21)20-18(15-5-3-2-4-6-15)19(22-26-20)16-7-9-17(24)10-8-16/h2-10,24H,11-13H2,1H3. The molecule has 5 nitrogen and oxygen atoms in total. The van der Waals surface area contributed by atoms with Gasteiger partial charge in [-0.2, -0.15) is 0 Å². The molecule has 1 aliphatic rings. The first-order chi connectivity index (χ1) is 12.6. The fourth-order valence-corrected chi connectivity index (χ4v) is 3.17. The van der Waals surface area contributed by atoms with Gasteiger partial charge >= 0.3 is 5.97 Å². The first kappa shape index (κ1) is 16.4. The van der Waals surface area contributed by atoms with Crippen LogP contribution >= 0.6 is 0 Å². The summed E-state index contributed by atoms with van der Waals surface area (Å²) in [5.74, 6) is 0.663. The predicted octanol–water partition coefficient (Wildman–Crippen LogP) is 4.31. The van der Waals surface area contributed by atoms with E-state index in [1.807, 2.05) is 42.5 Å². The average Bonchev–Trinajstić information content (AvgIpc) is 3.31. The molecule has 1 aliphatic carbocycles. The molecule has 0 saturated heterocycles. The second kappa shape index (κ2) is 6.33. The van der Waals surface area contributed by atoms with Crippen LogP contribution in [0, 0.1) is 0 Å². The highest BCUT2D eigenvalue weighted by Gasteiger charge is 2.51. The number of phenolic OH excluding ortho intramolecular Hbond substituents is 1. The summed E-state index contributed by atoms with van der Waals surface area (Å²) in [6.07, 6.45) is 1.79. The topological polar surface area (TPSA) is 72.6 Å². The van der Waals surface area contributed by atoms with Gasteiger partial charge in [-0.1, -0.05) is 35.5 Å². The van der Waals surface area contributed by atoms with Crippen LogP contribution in [0.1, 0.15) is 25.5 Å². The van der Waals surface area contributed by atoms with Gasteiger partial charge in [-0.15, -0.1) is 0 Å². The molecule has 4 rings (SSSR count). The lowest BCUT2D eigenvalue weighted by atomic mass is 9.92. The van der Waals surface area contributed by atoms with Crippen molar-refractivity contribution in [2.24, 2.45) is 0 Å². The van der Waals surface area contributed by atoms with Gasteiger partial charge < -0.3 is 14.4 Å². The molecule has 1 N–H and O–H groups in total. The average molecular weight is 349 g/mol. The molecular weight excluding hydrogens is 330 g/mol. The summed E-state index contributed by atoms with van der Waals surface area (Å²) in [6.45, 7) is 1.71. The van der Waals surface area contributed by atoms with Crippen LogP contribution in [0.25, 0.3) is 22.4 Å². The molecule has 2 aromatic carbocycles. The number of ether oxygens (including phenoxy) is 1. The highest BCUT2D eigenvalue weighted by Crippen LogP contribution is 2.53. The lowest BCUT2D eigenvalue weighted by Crippen LogP contribution is -2.17. The lowest BCUT2D eigenvalue weighted by Gasteiger charge is -2.14. The highest BCUT2D eigenvalue weighted by atomic mass is 16.5. The molecule has 3 aromatic rings. The number of carbonyl (C=O) groups excluding carboxylic acids is 1. The third-order valence-electron chi connectivity index (χ3n) is 4.78. The highest BCUT2D eigenvalue weighted by molar-refractivity contribution is 5.83. The molecule has 0 bridgehead atoms. The van der Waals surface area contributed by atoms with Gasteiger partial charge in [0.25, 0.3) is 0 Å². The van der Waals surface area contributed by atoms with Crippen LogP contribution < -0.4 is 0 Å². The molecule has 1 saturated carbocycles. The minimum atomic E-state index is -0.307. The summed E-state index contributed by atoms with van der Waals surface area (Å²) in [5, 5.41) is 13.9. The Labute approximate surface area is 151 Å². The molecule has 0 aliphatic heterocycles. The Bertz CT molecular complexity index is 924. The Hall–Kier alpha value is -3.08. The Balaban J connectivity index is 1.83. The van der Waals surface area contributed by atoms with E-state index in [9.17, 15) is 9.90 Å². The smallest absolute Gasteiger partial charge is 0.302 e. The molecule has 0 atom stereocenters.